The summed E-state index contributed by atoms with van der Waals surface area (Å²) in [6.45, 7) is 1.24. The predicted molar refractivity (Wildman–Crippen MR) is 64.2 cm³/mol. The highest BCUT2D eigenvalue weighted by Crippen LogP contribution is 2.27. The van der Waals surface area contributed by atoms with Crippen LogP contribution in [0.4, 0.5) is 4.79 Å². The Morgan fingerprint density at radius 2 is 2.13 bits per heavy atom. The van der Waals surface area contributed by atoms with E-state index in [4.69, 9.17) is 17.0 Å². The third kappa shape index (κ3) is 2.55. The molecule has 0 atom stereocenters. The fraction of sp³-hybridized carbons (Fsp3) is 0.778. The number of hydrogen-bond acceptors (Lipinski definition) is 3. The monoisotopic (exact) mass is 246 g/mol. The molecule has 2 amide bonds. The first-order chi connectivity index (χ1) is 7.08. The first-order valence-corrected chi connectivity index (χ1v) is 5.85. The lowest BCUT2D eigenvalue weighted by molar-refractivity contribution is 0.0300. The number of urea groups is 1. The molecule has 0 spiro atoms. The van der Waals surface area contributed by atoms with E-state index in [9.17, 15) is 4.79 Å². The van der Waals surface area contributed by atoms with Gasteiger partial charge in [0.15, 0.2) is 0 Å². The fourth-order valence-corrected chi connectivity index (χ4v) is 1.94. The van der Waals surface area contributed by atoms with Crippen LogP contribution in [0.1, 0.15) is 12.8 Å². The van der Waals surface area contributed by atoms with Crippen LogP contribution in [0.25, 0.3) is 0 Å². The van der Waals surface area contributed by atoms with E-state index in [1.807, 2.05) is 11.9 Å². The lowest BCUT2D eigenvalue weighted by Crippen LogP contribution is -2.58. The number of thiol groups is 1. The van der Waals surface area contributed by atoms with Crippen molar-refractivity contribution in [3.8, 4) is 0 Å². The van der Waals surface area contributed by atoms with Gasteiger partial charge in [0.05, 0.1) is 13.1 Å². The maximum absolute atomic E-state index is 11.8. The topological polar surface area (TPSA) is 32.8 Å². The molecule has 0 unspecified atom stereocenters. The first kappa shape index (κ1) is 11.0. The van der Waals surface area contributed by atoms with Crippen molar-refractivity contribution in [2.24, 2.45) is 0 Å². The van der Waals surface area contributed by atoms with Crippen molar-refractivity contribution in [3.63, 3.8) is 0 Å². The lowest BCUT2D eigenvalue weighted by atomic mass is 10.2. The summed E-state index contributed by atoms with van der Waals surface area (Å²) in [7, 11) is 1.86. The van der Waals surface area contributed by atoms with E-state index in [0.29, 0.717) is 19.1 Å². The minimum Gasteiger partial charge on any atom is -0.472 e. The van der Waals surface area contributed by atoms with E-state index in [0.717, 1.165) is 12.8 Å². The summed E-state index contributed by atoms with van der Waals surface area (Å²) < 4.78 is 5.46. The molecule has 1 saturated heterocycles. The maximum Gasteiger partial charge on any atom is 0.320 e. The number of hydrogen-bond donors (Lipinski definition) is 1. The van der Waals surface area contributed by atoms with Gasteiger partial charge in [0.25, 0.3) is 0 Å². The van der Waals surface area contributed by atoms with Crippen molar-refractivity contribution in [1.82, 2.24) is 9.80 Å². The third-order valence-electron chi connectivity index (χ3n) is 2.78. The van der Waals surface area contributed by atoms with Crippen molar-refractivity contribution >= 4 is 35.3 Å². The van der Waals surface area contributed by atoms with Crippen molar-refractivity contribution in [2.75, 3.05) is 20.1 Å². The van der Waals surface area contributed by atoms with Crippen LogP contribution in [0, 0.1) is 0 Å². The molecule has 0 radical (unpaired) electrons. The van der Waals surface area contributed by atoms with E-state index in [2.05, 4.69) is 12.6 Å². The van der Waals surface area contributed by atoms with Crippen LogP contribution in [0.15, 0.2) is 0 Å². The summed E-state index contributed by atoms with van der Waals surface area (Å²) in [5.41, 5.74) is 0. The normalized spacial score (nSPS) is 20.8. The molecule has 4 nitrogen and oxygen atoms in total. The van der Waals surface area contributed by atoms with Gasteiger partial charge < -0.3 is 14.5 Å². The third-order valence-corrected chi connectivity index (χ3v) is 2.98. The quantitative estimate of drug-likeness (QED) is 0.585. The largest absolute Gasteiger partial charge is 0.472 e. The maximum atomic E-state index is 11.8. The molecular formula is C9H14N2O2S2. The number of rotatable bonds is 2. The molecule has 2 fully saturated rings. The molecule has 0 N–H and O–H groups in total. The zero-order valence-electron chi connectivity index (χ0n) is 8.55. The summed E-state index contributed by atoms with van der Waals surface area (Å²) in [5, 5.41) is 0. The Kier molecular flexibility index (Phi) is 3.06. The zero-order valence-corrected chi connectivity index (χ0v) is 10.3. The zero-order chi connectivity index (χ0) is 11.0. The Bertz CT molecular complexity index is 288. The van der Waals surface area contributed by atoms with Gasteiger partial charge in [-0.3, -0.25) is 0 Å². The van der Waals surface area contributed by atoms with Gasteiger partial charge >= 0.3 is 6.03 Å². The average molecular weight is 246 g/mol. The van der Waals surface area contributed by atoms with Gasteiger partial charge in [0.2, 0.25) is 4.38 Å². The molecule has 1 heterocycles. The number of thiocarbonyl (C=S) groups is 1. The van der Waals surface area contributed by atoms with E-state index in [1.165, 1.54) is 0 Å². The Morgan fingerprint density at radius 1 is 1.53 bits per heavy atom. The summed E-state index contributed by atoms with van der Waals surface area (Å²) in [5.74, 6) is 0. The average Bonchev–Trinajstić information content (AvgIpc) is 2.90. The molecule has 0 aromatic rings. The Hall–Kier alpha value is -0.490. The van der Waals surface area contributed by atoms with Crippen molar-refractivity contribution in [3.05, 3.63) is 0 Å². The molecule has 0 bridgehead atoms. The van der Waals surface area contributed by atoms with Crippen molar-refractivity contribution in [1.29, 1.82) is 0 Å². The highest BCUT2D eigenvalue weighted by Gasteiger charge is 2.38. The van der Waals surface area contributed by atoms with Crippen LogP contribution >= 0.6 is 24.8 Å². The summed E-state index contributed by atoms with van der Waals surface area (Å²) >= 11 is 8.59. The summed E-state index contributed by atoms with van der Waals surface area (Å²) in [4.78, 5) is 15.4. The standard InChI is InChI=1S/C9H14N2O2S2/c1-10(6-2-3-6)8(12)11-4-7(5-11)13-9(14)15/h6-7H,2-5H2,1H3,(H,14,15). The molecule has 1 aliphatic carbocycles. The molecule has 1 aliphatic heterocycles. The number of amides is 2. The number of carbonyl (C=O) groups excluding carboxylic acids is 1. The van der Waals surface area contributed by atoms with E-state index in [-0.39, 0.29) is 16.5 Å². The molecule has 6 heteroatoms. The number of nitrogens with zero attached hydrogens (tertiary/aromatic N) is 2. The van der Waals surface area contributed by atoms with Gasteiger partial charge in [-0.05, 0) is 25.1 Å². The Morgan fingerprint density at radius 3 is 2.60 bits per heavy atom. The van der Waals surface area contributed by atoms with Gasteiger partial charge in [0.1, 0.15) is 6.10 Å². The second-order valence-electron chi connectivity index (χ2n) is 4.04. The van der Waals surface area contributed by atoms with Crippen LogP contribution in [0.5, 0.6) is 0 Å². The fourth-order valence-electron chi connectivity index (χ4n) is 1.65. The summed E-state index contributed by atoms with van der Waals surface area (Å²) in [6, 6.07) is 0.561. The van der Waals surface area contributed by atoms with Crippen LogP contribution in [-0.2, 0) is 4.74 Å². The van der Waals surface area contributed by atoms with E-state index >= 15 is 0 Å². The molecule has 0 aromatic carbocycles. The van der Waals surface area contributed by atoms with E-state index < -0.39 is 0 Å². The van der Waals surface area contributed by atoms with Gasteiger partial charge in [0, 0.05) is 13.1 Å². The molecule has 2 aliphatic rings. The van der Waals surface area contributed by atoms with Gasteiger partial charge in [-0.1, -0.05) is 12.6 Å². The molecule has 0 aromatic heterocycles. The lowest BCUT2D eigenvalue weighted by Gasteiger charge is -2.40. The second kappa shape index (κ2) is 4.17. The second-order valence-corrected chi connectivity index (χ2v) is 5.11. The predicted octanol–water partition coefficient (Wildman–Crippen LogP) is 1.12. The smallest absolute Gasteiger partial charge is 0.320 e. The minimum absolute atomic E-state index is 0.0338. The number of ether oxygens (including phenoxy) is 1. The van der Waals surface area contributed by atoms with Crippen LogP contribution in [0.2, 0.25) is 0 Å². The molecular weight excluding hydrogens is 232 g/mol. The minimum atomic E-state index is 0.0338. The van der Waals surface area contributed by atoms with Gasteiger partial charge in [-0.15, -0.1) is 0 Å². The first-order valence-electron chi connectivity index (χ1n) is 4.99. The number of likely N-dealkylation sites (tertiary alicyclic amines) is 1. The Labute approximate surface area is 100.0 Å². The number of carbonyl (C=O) groups is 1. The highest BCUT2D eigenvalue weighted by molar-refractivity contribution is 8.10. The summed E-state index contributed by atoms with van der Waals surface area (Å²) in [6.07, 6.45) is 2.31. The van der Waals surface area contributed by atoms with Crippen LogP contribution in [0.3, 0.4) is 0 Å². The van der Waals surface area contributed by atoms with Crippen LogP contribution in [-0.4, -0.2) is 52.5 Å². The molecule has 2 rings (SSSR count). The van der Waals surface area contributed by atoms with Crippen molar-refractivity contribution < 1.29 is 9.53 Å². The SMILES string of the molecule is CN(C(=O)N1CC(OC(=S)S)C1)C1CC1. The van der Waals surface area contributed by atoms with Crippen LogP contribution < -0.4 is 0 Å². The Balaban J connectivity index is 1.73. The van der Waals surface area contributed by atoms with Gasteiger partial charge in [-0.25, -0.2) is 4.79 Å². The highest BCUT2D eigenvalue weighted by atomic mass is 32.1. The van der Waals surface area contributed by atoms with E-state index in [1.54, 1.807) is 4.90 Å². The molecule has 1 saturated carbocycles. The molecule has 84 valence electrons. The molecule has 15 heavy (non-hydrogen) atoms. The van der Waals surface area contributed by atoms with Crippen molar-refractivity contribution in [2.45, 2.75) is 25.0 Å². The van der Waals surface area contributed by atoms with Gasteiger partial charge in [-0.2, -0.15) is 0 Å².